The van der Waals surface area contributed by atoms with E-state index in [-0.39, 0.29) is 11.9 Å². The first-order valence-corrected chi connectivity index (χ1v) is 7.28. The molecule has 0 saturated carbocycles. The van der Waals surface area contributed by atoms with Crippen molar-refractivity contribution in [3.8, 4) is 0 Å². The smallest absolute Gasteiger partial charge is 0.251 e. The molecule has 1 aliphatic heterocycles. The second-order valence-electron chi connectivity index (χ2n) is 4.98. The zero-order valence-corrected chi connectivity index (χ0v) is 12.5. The number of anilines is 1. The molecule has 0 spiro atoms. The maximum atomic E-state index is 12.3. The molecule has 0 aliphatic carbocycles. The van der Waals surface area contributed by atoms with Crippen molar-refractivity contribution in [2.45, 2.75) is 26.3 Å². The maximum Gasteiger partial charge on any atom is 0.251 e. The van der Waals surface area contributed by atoms with Crippen LogP contribution in [0.25, 0.3) is 0 Å². The van der Waals surface area contributed by atoms with Crippen molar-refractivity contribution >= 4 is 23.3 Å². The van der Waals surface area contributed by atoms with Crippen LogP contribution >= 0.6 is 11.6 Å². The highest BCUT2D eigenvalue weighted by Crippen LogP contribution is 2.18. The zero-order chi connectivity index (χ0) is 14.5. The molecule has 0 bridgehead atoms. The first-order valence-electron chi connectivity index (χ1n) is 6.90. The summed E-state index contributed by atoms with van der Waals surface area (Å²) < 4.78 is 5.34. The first kappa shape index (κ1) is 15.1. The van der Waals surface area contributed by atoms with Crippen molar-refractivity contribution in [1.82, 2.24) is 10.3 Å². The molecule has 20 heavy (non-hydrogen) atoms. The van der Waals surface area contributed by atoms with E-state index in [0.29, 0.717) is 29.1 Å². The van der Waals surface area contributed by atoms with Gasteiger partial charge in [0.2, 0.25) is 0 Å². The molecule has 2 atom stereocenters. The highest BCUT2D eigenvalue weighted by Gasteiger charge is 2.24. The Hall–Kier alpha value is -1.33. The van der Waals surface area contributed by atoms with Crippen LogP contribution in [-0.2, 0) is 4.74 Å². The molecule has 2 heterocycles. The van der Waals surface area contributed by atoms with E-state index >= 15 is 0 Å². The Balaban J connectivity index is 2.04. The molecule has 0 radical (unpaired) electrons. The summed E-state index contributed by atoms with van der Waals surface area (Å²) in [5.41, 5.74) is 0.520. The summed E-state index contributed by atoms with van der Waals surface area (Å²) in [5, 5.41) is 6.37. The predicted octanol–water partition coefficient (Wildman–Crippen LogP) is 2.32. The van der Waals surface area contributed by atoms with Gasteiger partial charge < -0.3 is 15.4 Å². The van der Waals surface area contributed by atoms with Gasteiger partial charge in [-0.25, -0.2) is 4.98 Å². The van der Waals surface area contributed by atoms with Gasteiger partial charge in [-0.05, 0) is 32.4 Å². The average molecular weight is 298 g/mol. The Kier molecular flexibility index (Phi) is 5.20. The molecule has 0 aromatic carbocycles. The fourth-order valence-corrected chi connectivity index (χ4v) is 2.46. The first-order chi connectivity index (χ1) is 9.60. The molecule has 2 N–H and O–H groups in total. The number of ether oxygens (including phenoxy) is 1. The number of nitrogens with one attached hydrogen (secondary N) is 2. The van der Waals surface area contributed by atoms with E-state index in [1.165, 1.54) is 0 Å². The Bertz CT molecular complexity index is 475. The number of hydrogen-bond donors (Lipinski definition) is 2. The van der Waals surface area contributed by atoms with Gasteiger partial charge in [-0.3, -0.25) is 4.79 Å². The van der Waals surface area contributed by atoms with Gasteiger partial charge in [0.15, 0.2) is 0 Å². The van der Waals surface area contributed by atoms with Gasteiger partial charge in [-0.15, -0.1) is 0 Å². The normalized spacial score (nSPS) is 19.6. The molecular weight excluding hydrogens is 278 g/mol. The number of hydrogen-bond acceptors (Lipinski definition) is 4. The van der Waals surface area contributed by atoms with Crippen molar-refractivity contribution in [2.24, 2.45) is 5.92 Å². The van der Waals surface area contributed by atoms with E-state index in [1.807, 2.05) is 13.8 Å². The number of pyridine rings is 1. The topological polar surface area (TPSA) is 63.2 Å². The Morgan fingerprint density at radius 1 is 1.60 bits per heavy atom. The standard InChI is InChI=1S/C14H20ClN3O2/c1-3-16-13-7-11(6-12(15)18-13)14(19)17-9(2)10-4-5-20-8-10/h6-7,9-10H,3-5,8H2,1-2H3,(H,16,18)(H,17,19). The van der Waals surface area contributed by atoms with Crippen LogP contribution in [0, 0.1) is 5.92 Å². The van der Waals surface area contributed by atoms with Crippen molar-refractivity contribution in [1.29, 1.82) is 0 Å². The van der Waals surface area contributed by atoms with Gasteiger partial charge in [0.25, 0.3) is 5.91 Å². The minimum atomic E-state index is -0.132. The lowest BCUT2D eigenvalue weighted by Crippen LogP contribution is -2.38. The molecule has 6 heteroatoms. The molecule has 1 amide bonds. The minimum absolute atomic E-state index is 0.0829. The fourth-order valence-electron chi connectivity index (χ4n) is 2.25. The fraction of sp³-hybridized carbons (Fsp3) is 0.571. The highest BCUT2D eigenvalue weighted by molar-refractivity contribution is 6.29. The van der Waals surface area contributed by atoms with Crippen LogP contribution in [0.4, 0.5) is 5.82 Å². The lowest BCUT2D eigenvalue weighted by Gasteiger charge is -2.19. The molecule has 1 saturated heterocycles. The van der Waals surface area contributed by atoms with Crippen LogP contribution < -0.4 is 10.6 Å². The number of amides is 1. The number of nitrogens with zero attached hydrogens (tertiary/aromatic N) is 1. The molecular formula is C14H20ClN3O2. The molecule has 1 aromatic heterocycles. The van der Waals surface area contributed by atoms with Crippen LogP contribution in [0.2, 0.25) is 5.15 Å². The van der Waals surface area contributed by atoms with Gasteiger partial charge in [0.1, 0.15) is 11.0 Å². The van der Waals surface area contributed by atoms with E-state index in [2.05, 4.69) is 15.6 Å². The van der Waals surface area contributed by atoms with E-state index < -0.39 is 0 Å². The van der Waals surface area contributed by atoms with Crippen LogP contribution in [0.1, 0.15) is 30.6 Å². The van der Waals surface area contributed by atoms with Crippen molar-refractivity contribution in [2.75, 3.05) is 25.1 Å². The molecule has 110 valence electrons. The Morgan fingerprint density at radius 2 is 2.40 bits per heavy atom. The van der Waals surface area contributed by atoms with Gasteiger partial charge >= 0.3 is 0 Å². The lowest BCUT2D eigenvalue weighted by molar-refractivity contribution is 0.0922. The number of rotatable bonds is 5. The molecule has 2 unspecified atom stereocenters. The van der Waals surface area contributed by atoms with Gasteiger partial charge in [-0.1, -0.05) is 11.6 Å². The van der Waals surface area contributed by atoms with Gasteiger partial charge in [-0.2, -0.15) is 0 Å². The van der Waals surface area contributed by atoms with E-state index in [0.717, 1.165) is 19.6 Å². The molecule has 1 fully saturated rings. The highest BCUT2D eigenvalue weighted by atomic mass is 35.5. The van der Waals surface area contributed by atoms with E-state index in [4.69, 9.17) is 16.3 Å². The van der Waals surface area contributed by atoms with Gasteiger partial charge in [0.05, 0.1) is 6.61 Å². The largest absolute Gasteiger partial charge is 0.381 e. The monoisotopic (exact) mass is 297 g/mol. The van der Waals surface area contributed by atoms with Crippen molar-refractivity contribution < 1.29 is 9.53 Å². The number of carbonyl (C=O) groups is 1. The van der Waals surface area contributed by atoms with Crippen LogP contribution in [-0.4, -0.2) is 36.7 Å². The molecule has 1 aliphatic rings. The third-order valence-electron chi connectivity index (χ3n) is 3.44. The third-order valence-corrected chi connectivity index (χ3v) is 3.64. The van der Waals surface area contributed by atoms with E-state index in [1.54, 1.807) is 12.1 Å². The second-order valence-corrected chi connectivity index (χ2v) is 5.37. The summed E-state index contributed by atoms with van der Waals surface area (Å²) in [7, 11) is 0. The second kappa shape index (κ2) is 6.90. The molecule has 1 aromatic rings. The maximum absolute atomic E-state index is 12.3. The summed E-state index contributed by atoms with van der Waals surface area (Å²) in [6.07, 6.45) is 0.987. The summed E-state index contributed by atoms with van der Waals surface area (Å²) in [6, 6.07) is 3.37. The predicted molar refractivity (Wildman–Crippen MR) is 79.3 cm³/mol. The third kappa shape index (κ3) is 3.84. The number of carbonyl (C=O) groups excluding carboxylic acids is 1. The van der Waals surface area contributed by atoms with Crippen LogP contribution in [0.5, 0.6) is 0 Å². The summed E-state index contributed by atoms with van der Waals surface area (Å²) in [5.74, 6) is 0.861. The molecule has 2 rings (SSSR count). The van der Waals surface area contributed by atoms with Gasteiger partial charge in [0, 0.05) is 30.7 Å². The van der Waals surface area contributed by atoms with Crippen molar-refractivity contribution in [3.63, 3.8) is 0 Å². The van der Waals surface area contributed by atoms with Crippen molar-refractivity contribution in [3.05, 3.63) is 22.8 Å². The number of halogens is 1. The summed E-state index contributed by atoms with van der Waals surface area (Å²) >= 11 is 5.94. The average Bonchev–Trinajstić information content (AvgIpc) is 2.92. The molecule has 5 nitrogen and oxygen atoms in total. The minimum Gasteiger partial charge on any atom is -0.381 e. The van der Waals surface area contributed by atoms with E-state index in [9.17, 15) is 4.79 Å². The SMILES string of the molecule is CCNc1cc(C(=O)NC(C)C2CCOC2)cc(Cl)n1. The lowest BCUT2D eigenvalue weighted by atomic mass is 10.0. The summed E-state index contributed by atoms with van der Waals surface area (Å²) in [6.45, 7) is 6.18. The Labute approximate surface area is 124 Å². The Morgan fingerprint density at radius 3 is 3.05 bits per heavy atom. The zero-order valence-electron chi connectivity index (χ0n) is 11.8. The summed E-state index contributed by atoms with van der Waals surface area (Å²) in [4.78, 5) is 16.4. The number of aromatic nitrogens is 1. The van der Waals surface area contributed by atoms with Crippen LogP contribution in [0.3, 0.4) is 0 Å². The van der Waals surface area contributed by atoms with Crippen LogP contribution in [0.15, 0.2) is 12.1 Å². The quantitative estimate of drug-likeness (QED) is 0.819.